The van der Waals surface area contributed by atoms with Gasteiger partial charge in [-0.15, -0.1) is 0 Å². The van der Waals surface area contributed by atoms with Gasteiger partial charge >= 0.3 is 0 Å². The van der Waals surface area contributed by atoms with E-state index in [1.54, 1.807) is 19.9 Å². The van der Waals surface area contributed by atoms with E-state index in [2.05, 4.69) is 0 Å². The van der Waals surface area contributed by atoms with E-state index in [9.17, 15) is 0 Å². The molecular weight excluding hydrogens is 74.1 g/mol. The molecule has 0 saturated heterocycles. The lowest BCUT2D eigenvalue weighted by molar-refractivity contribution is 0.639. The van der Waals surface area contributed by atoms with E-state index in [0.29, 0.717) is 0 Å². The molecule has 0 aliphatic carbocycles. The van der Waals surface area contributed by atoms with Crippen molar-refractivity contribution >= 4 is 0 Å². The fraction of sp³-hybridized carbons (Fsp3) is 0.600. The molecule has 0 aromatic rings. The third kappa shape index (κ3) is 3.49. The molecular formula is C5H6N. The fourth-order valence-electron chi connectivity index (χ4n) is 0. The monoisotopic (exact) mass is 80.1 g/mol. The van der Waals surface area contributed by atoms with Crippen LogP contribution in [0.5, 0.6) is 0 Å². The number of nitriles is 1. The van der Waals surface area contributed by atoms with E-state index in [0.717, 1.165) is 0 Å². The Hall–Kier alpha value is -0.510. The van der Waals surface area contributed by atoms with Crippen LogP contribution in [0.15, 0.2) is 0 Å². The lowest BCUT2D eigenvalue weighted by Crippen LogP contribution is -1.98. The molecule has 0 atom stereocenters. The summed E-state index contributed by atoms with van der Waals surface area (Å²) in [6, 6.07) is 1.77. The first-order valence-electron chi connectivity index (χ1n) is 1.72. The maximum Gasteiger partial charge on any atom is 0.0690 e. The van der Waals surface area contributed by atoms with Gasteiger partial charge in [0.05, 0.1) is 11.5 Å². The van der Waals surface area contributed by atoms with Crippen LogP contribution in [0.2, 0.25) is 0 Å². The summed E-state index contributed by atoms with van der Waals surface area (Å²) in [6.07, 6.45) is 0. The highest BCUT2D eigenvalue weighted by molar-refractivity contribution is 4.93. The molecule has 6 heavy (non-hydrogen) atoms. The SMILES string of the molecule is [C]C(C)(C)C#N. The smallest absolute Gasteiger partial charge is 0.0690 e. The Bertz CT molecular complexity index is 70.9. The molecule has 0 N–H and O–H groups in total. The Morgan fingerprint density at radius 1 is 1.67 bits per heavy atom. The topological polar surface area (TPSA) is 23.8 Å². The second-order valence-corrected chi connectivity index (χ2v) is 1.74. The number of nitrogens with zero attached hydrogens (tertiary/aromatic N) is 1. The van der Waals surface area contributed by atoms with Gasteiger partial charge in [0.1, 0.15) is 0 Å². The van der Waals surface area contributed by atoms with Gasteiger partial charge in [-0.25, -0.2) is 0 Å². The van der Waals surface area contributed by atoms with Crippen LogP contribution < -0.4 is 0 Å². The van der Waals surface area contributed by atoms with Gasteiger partial charge in [0, 0.05) is 6.92 Å². The van der Waals surface area contributed by atoms with Crippen molar-refractivity contribution in [2.24, 2.45) is 5.41 Å². The normalized spacial score (nSPS) is 10.3. The van der Waals surface area contributed by atoms with Crippen LogP contribution in [0, 0.1) is 23.7 Å². The zero-order valence-electron chi connectivity index (χ0n) is 3.95. The highest BCUT2D eigenvalue weighted by atomic mass is 14.3. The minimum Gasteiger partial charge on any atom is -0.198 e. The Labute approximate surface area is 38.6 Å². The summed E-state index contributed by atoms with van der Waals surface area (Å²) in [4.78, 5) is 0. The van der Waals surface area contributed by atoms with Gasteiger partial charge in [-0.3, -0.25) is 0 Å². The maximum absolute atomic E-state index is 7.97. The average Bonchev–Trinajstić information content (AvgIpc) is 1.35. The molecule has 1 nitrogen and oxygen atoms in total. The van der Waals surface area contributed by atoms with Crippen LogP contribution in [0.3, 0.4) is 0 Å². The molecule has 0 fully saturated rings. The van der Waals surface area contributed by atoms with Gasteiger partial charge in [0.25, 0.3) is 0 Å². The van der Waals surface area contributed by atoms with Crippen molar-refractivity contribution in [1.29, 1.82) is 5.26 Å². The number of hydrogen-bond donors (Lipinski definition) is 0. The van der Waals surface area contributed by atoms with Gasteiger partial charge in [0.2, 0.25) is 0 Å². The van der Waals surface area contributed by atoms with Gasteiger partial charge < -0.3 is 0 Å². The maximum atomic E-state index is 7.97. The fourth-order valence-corrected chi connectivity index (χ4v) is 0. The molecule has 0 aliphatic rings. The zero-order valence-corrected chi connectivity index (χ0v) is 3.95. The van der Waals surface area contributed by atoms with E-state index in [4.69, 9.17) is 12.2 Å². The first-order chi connectivity index (χ1) is 2.56. The Morgan fingerprint density at radius 3 is 1.83 bits per heavy atom. The van der Waals surface area contributed by atoms with E-state index in [1.165, 1.54) is 0 Å². The van der Waals surface area contributed by atoms with Crippen molar-refractivity contribution in [1.82, 2.24) is 0 Å². The average molecular weight is 80.1 g/mol. The predicted molar refractivity (Wildman–Crippen MR) is 22.6 cm³/mol. The molecule has 0 rings (SSSR count). The second kappa shape index (κ2) is 1.30. The van der Waals surface area contributed by atoms with Gasteiger partial charge in [-0.1, -0.05) is 0 Å². The summed E-state index contributed by atoms with van der Waals surface area (Å²) in [7, 11) is 0. The molecule has 31 valence electrons. The Morgan fingerprint density at radius 2 is 1.83 bits per heavy atom. The first-order valence-corrected chi connectivity index (χ1v) is 1.72. The van der Waals surface area contributed by atoms with E-state index in [-0.39, 0.29) is 0 Å². The van der Waals surface area contributed by atoms with Crippen LogP contribution in [-0.4, -0.2) is 0 Å². The zero-order chi connectivity index (χ0) is 5.21. The van der Waals surface area contributed by atoms with Crippen LogP contribution in [0.25, 0.3) is 0 Å². The van der Waals surface area contributed by atoms with Crippen molar-refractivity contribution in [2.45, 2.75) is 13.8 Å². The molecule has 0 spiro atoms. The number of hydrogen-bond acceptors (Lipinski definition) is 1. The van der Waals surface area contributed by atoms with Gasteiger partial charge in [0.15, 0.2) is 0 Å². The van der Waals surface area contributed by atoms with Crippen molar-refractivity contribution in [3.05, 3.63) is 6.92 Å². The van der Waals surface area contributed by atoms with Crippen molar-refractivity contribution in [3.63, 3.8) is 0 Å². The standard InChI is InChI=1S/C5H6N/c1-5(2,3)4-6/h1-2H3. The summed E-state index contributed by atoms with van der Waals surface area (Å²) in [5.74, 6) is 0. The second-order valence-electron chi connectivity index (χ2n) is 1.74. The van der Waals surface area contributed by atoms with Crippen LogP contribution in [0.4, 0.5) is 0 Å². The summed E-state index contributed by atoms with van der Waals surface area (Å²) >= 11 is 0. The minimum atomic E-state index is -0.903. The van der Waals surface area contributed by atoms with Crippen molar-refractivity contribution < 1.29 is 0 Å². The molecule has 3 radical (unpaired) electrons. The predicted octanol–water partition coefficient (Wildman–Crippen LogP) is 1.12. The van der Waals surface area contributed by atoms with E-state index < -0.39 is 5.41 Å². The van der Waals surface area contributed by atoms with E-state index >= 15 is 0 Å². The Kier molecular flexibility index (Phi) is 1.19. The van der Waals surface area contributed by atoms with Crippen LogP contribution >= 0.6 is 0 Å². The lowest BCUT2D eigenvalue weighted by Gasteiger charge is -1.99. The third-order valence-electron chi connectivity index (χ3n) is 0.280. The van der Waals surface area contributed by atoms with Crippen LogP contribution in [0.1, 0.15) is 13.8 Å². The third-order valence-corrected chi connectivity index (χ3v) is 0.280. The molecule has 0 saturated carbocycles. The summed E-state index contributed by atoms with van der Waals surface area (Å²) < 4.78 is 0. The molecule has 0 bridgehead atoms. The highest BCUT2D eigenvalue weighted by Gasteiger charge is 2.05. The Balaban J connectivity index is 3.55. The molecule has 0 amide bonds. The molecule has 0 aromatic heterocycles. The molecule has 0 unspecified atom stereocenters. The van der Waals surface area contributed by atoms with E-state index in [1.807, 2.05) is 0 Å². The summed E-state index contributed by atoms with van der Waals surface area (Å²) in [5.41, 5.74) is -0.903. The highest BCUT2D eigenvalue weighted by Crippen LogP contribution is 2.07. The number of rotatable bonds is 0. The molecule has 0 aliphatic heterocycles. The quantitative estimate of drug-likeness (QED) is 0.427. The van der Waals surface area contributed by atoms with Crippen LogP contribution in [-0.2, 0) is 0 Å². The molecule has 1 heteroatoms. The van der Waals surface area contributed by atoms with Crippen molar-refractivity contribution in [3.8, 4) is 6.07 Å². The summed E-state index contributed by atoms with van der Waals surface area (Å²) in [5, 5.41) is 7.97. The largest absolute Gasteiger partial charge is 0.198 e. The lowest BCUT2D eigenvalue weighted by atomic mass is 10.0. The van der Waals surface area contributed by atoms with Gasteiger partial charge in [-0.05, 0) is 13.8 Å². The van der Waals surface area contributed by atoms with Gasteiger partial charge in [-0.2, -0.15) is 5.26 Å². The minimum absolute atomic E-state index is 0.903. The summed E-state index contributed by atoms with van der Waals surface area (Å²) in [6.45, 7) is 9.92. The molecule has 0 heterocycles. The first kappa shape index (κ1) is 5.49. The van der Waals surface area contributed by atoms with Crippen molar-refractivity contribution in [2.75, 3.05) is 0 Å². The molecule has 0 aromatic carbocycles.